The molecule has 2 nitrogen and oxygen atoms in total. The lowest BCUT2D eigenvalue weighted by atomic mass is 10.0. The van der Waals surface area contributed by atoms with E-state index in [9.17, 15) is 0 Å². The molecule has 0 spiro atoms. The summed E-state index contributed by atoms with van der Waals surface area (Å²) in [6.45, 7) is 0. The van der Waals surface area contributed by atoms with Crippen molar-refractivity contribution in [1.29, 1.82) is 0 Å². The lowest BCUT2D eigenvalue weighted by Gasteiger charge is -2.15. The number of hydrogen-bond donors (Lipinski definition) is 2. The van der Waals surface area contributed by atoms with Crippen LogP contribution in [0.3, 0.4) is 0 Å². The average molecular weight is 269 g/mol. The predicted octanol–water partition coefficient (Wildman–Crippen LogP) is 2.62. The molecule has 1 unspecified atom stereocenters. The molecule has 82 valence electrons. The average Bonchev–Trinajstić information content (AvgIpc) is 3.04. The van der Waals surface area contributed by atoms with Crippen LogP contribution in [-0.2, 0) is 6.42 Å². The van der Waals surface area contributed by atoms with Gasteiger partial charge in [-0.3, -0.25) is 11.3 Å². The third kappa shape index (κ3) is 3.59. The molecular weight excluding hydrogens is 252 g/mol. The molecule has 1 fully saturated rings. The molecule has 3 heteroatoms. The summed E-state index contributed by atoms with van der Waals surface area (Å²) in [5.74, 6) is 6.49. The molecule has 1 atom stereocenters. The Morgan fingerprint density at radius 1 is 1.33 bits per heavy atom. The number of nitrogens with two attached hydrogens (primary N) is 1. The number of rotatable bonds is 5. The van der Waals surface area contributed by atoms with Crippen LogP contribution in [0.15, 0.2) is 28.7 Å². The molecule has 0 heterocycles. The van der Waals surface area contributed by atoms with Gasteiger partial charge in [0.05, 0.1) is 0 Å². The first kappa shape index (κ1) is 11.1. The van der Waals surface area contributed by atoms with Crippen molar-refractivity contribution in [2.45, 2.75) is 31.7 Å². The molecule has 1 aliphatic rings. The van der Waals surface area contributed by atoms with Gasteiger partial charge in [0.1, 0.15) is 0 Å². The van der Waals surface area contributed by atoms with Crippen molar-refractivity contribution in [2.24, 2.45) is 11.8 Å². The standard InChI is InChI=1S/C12H17BrN2/c13-11-5-3-10(4-6-11)8-12(15-14)7-9-1-2-9/h3-6,9,12,15H,1-2,7-8,14H2. The van der Waals surface area contributed by atoms with E-state index in [0.29, 0.717) is 6.04 Å². The van der Waals surface area contributed by atoms with E-state index < -0.39 is 0 Å². The lowest BCUT2D eigenvalue weighted by Crippen LogP contribution is -2.37. The maximum Gasteiger partial charge on any atom is 0.0253 e. The summed E-state index contributed by atoms with van der Waals surface area (Å²) < 4.78 is 1.13. The van der Waals surface area contributed by atoms with Crippen LogP contribution in [0, 0.1) is 5.92 Å². The lowest BCUT2D eigenvalue weighted by molar-refractivity contribution is 0.466. The number of hydrogen-bond acceptors (Lipinski definition) is 2. The molecule has 1 aliphatic carbocycles. The maximum atomic E-state index is 5.57. The molecule has 3 N–H and O–H groups in total. The van der Waals surface area contributed by atoms with E-state index >= 15 is 0 Å². The van der Waals surface area contributed by atoms with Gasteiger partial charge < -0.3 is 0 Å². The normalized spacial score (nSPS) is 17.7. The Morgan fingerprint density at radius 2 is 2.00 bits per heavy atom. The monoisotopic (exact) mass is 268 g/mol. The molecule has 0 aliphatic heterocycles. The quantitative estimate of drug-likeness (QED) is 0.637. The molecule has 2 rings (SSSR count). The second-order valence-electron chi connectivity index (χ2n) is 4.37. The molecule has 0 amide bonds. The van der Waals surface area contributed by atoms with E-state index in [4.69, 9.17) is 5.84 Å². The summed E-state index contributed by atoms with van der Waals surface area (Å²) in [6, 6.07) is 8.90. The van der Waals surface area contributed by atoms with E-state index in [0.717, 1.165) is 16.8 Å². The number of hydrazine groups is 1. The van der Waals surface area contributed by atoms with Gasteiger partial charge in [-0.25, -0.2) is 0 Å². The number of halogens is 1. The first-order valence-corrected chi connectivity index (χ1v) is 6.28. The van der Waals surface area contributed by atoms with Gasteiger partial charge in [-0.1, -0.05) is 40.9 Å². The van der Waals surface area contributed by atoms with E-state index in [1.807, 2.05) is 0 Å². The van der Waals surface area contributed by atoms with Crippen LogP contribution in [0.1, 0.15) is 24.8 Å². The van der Waals surface area contributed by atoms with Gasteiger partial charge in [-0.2, -0.15) is 0 Å². The minimum atomic E-state index is 0.429. The van der Waals surface area contributed by atoms with Crippen molar-refractivity contribution in [3.63, 3.8) is 0 Å². The molecule has 1 aromatic rings. The molecule has 0 radical (unpaired) electrons. The fourth-order valence-electron chi connectivity index (χ4n) is 1.87. The third-order valence-electron chi connectivity index (χ3n) is 2.95. The van der Waals surface area contributed by atoms with E-state index in [-0.39, 0.29) is 0 Å². The van der Waals surface area contributed by atoms with Crippen molar-refractivity contribution in [3.05, 3.63) is 34.3 Å². The molecule has 0 bridgehead atoms. The minimum Gasteiger partial charge on any atom is -0.271 e. The van der Waals surface area contributed by atoms with Crippen LogP contribution >= 0.6 is 15.9 Å². The molecule has 0 saturated heterocycles. The third-order valence-corrected chi connectivity index (χ3v) is 3.47. The summed E-state index contributed by atoms with van der Waals surface area (Å²) in [6.07, 6.45) is 5.02. The molecular formula is C12H17BrN2. The van der Waals surface area contributed by atoms with E-state index in [1.54, 1.807) is 0 Å². The number of nitrogens with one attached hydrogen (secondary N) is 1. The summed E-state index contributed by atoms with van der Waals surface area (Å²) in [7, 11) is 0. The Morgan fingerprint density at radius 3 is 2.53 bits per heavy atom. The molecule has 1 aromatic carbocycles. The second kappa shape index (κ2) is 5.10. The molecule has 0 aromatic heterocycles. The first-order chi connectivity index (χ1) is 7.28. The fourth-order valence-corrected chi connectivity index (χ4v) is 2.14. The summed E-state index contributed by atoms with van der Waals surface area (Å²) in [5, 5.41) is 0. The van der Waals surface area contributed by atoms with Crippen LogP contribution in [0.25, 0.3) is 0 Å². The highest BCUT2D eigenvalue weighted by molar-refractivity contribution is 9.10. The van der Waals surface area contributed by atoms with Gasteiger partial charge >= 0.3 is 0 Å². The Kier molecular flexibility index (Phi) is 3.78. The van der Waals surface area contributed by atoms with Crippen molar-refractivity contribution < 1.29 is 0 Å². The number of benzene rings is 1. The Labute approximate surface area is 99.3 Å². The Hall–Kier alpha value is -0.380. The molecule has 15 heavy (non-hydrogen) atoms. The topological polar surface area (TPSA) is 38.0 Å². The largest absolute Gasteiger partial charge is 0.271 e. The molecule has 1 saturated carbocycles. The first-order valence-electron chi connectivity index (χ1n) is 5.48. The van der Waals surface area contributed by atoms with Gasteiger partial charge in [0.2, 0.25) is 0 Å². The highest BCUT2D eigenvalue weighted by Crippen LogP contribution is 2.33. The zero-order chi connectivity index (χ0) is 10.7. The smallest absolute Gasteiger partial charge is 0.0253 e. The predicted molar refractivity (Wildman–Crippen MR) is 66.3 cm³/mol. The van der Waals surface area contributed by atoms with Crippen LogP contribution in [-0.4, -0.2) is 6.04 Å². The SMILES string of the molecule is NNC(Cc1ccc(Br)cc1)CC1CC1. The van der Waals surface area contributed by atoms with Crippen LogP contribution in [0.2, 0.25) is 0 Å². The van der Waals surface area contributed by atoms with Gasteiger partial charge in [-0.05, 0) is 36.5 Å². The van der Waals surface area contributed by atoms with Gasteiger partial charge in [0.25, 0.3) is 0 Å². The highest BCUT2D eigenvalue weighted by atomic mass is 79.9. The van der Waals surface area contributed by atoms with Crippen molar-refractivity contribution in [3.8, 4) is 0 Å². The minimum absolute atomic E-state index is 0.429. The van der Waals surface area contributed by atoms with Crippen molar-refractivity contribution in [1.82, 2.24) is 5.43 Å². The zero-order valence-corrected chi connectivity index (χ0v) is 10.3. The Bertz CT molecular complexity index is 306. The van der Waals surface area contributed by atoms with E-state index in [1.165, 1.54) is 24.8 Å². The van der Waals surface area contributed by atoms with Crippen molar-refractivity contribution >= 4 is 15.9 Å². The zero-order valence-electron chi connectivity index (χ0n) is 8.75. The van der Waals surface area contributed by atoms with Gasteiger partial charge in [-0.15, -0.1) is 0 Å². The van der Waals surface area contributed by atoms with Crippen LogP contribution in [0.5, 0.6) is 0 Å². The second-order valence-corrected chi connectivity index (χ2v) is 5.29. The summed E-state index contributed by atoms with van der Waals surface area (Å²) in [5.41, 5.74) is 4.27. The van der Waals surface area contributed by atoms with Crippen LogP contribution < -0.4 is 11.3 Å². The summed E-state index contributed by atoms with van der Waals surface area (Å²) in [4.78, 5) is 0. The Balaban J connectivity index is 1.89. The van der Waals surface area contributed by atoms with Crippen LogP contribution in [0.4, 0.5) is 0 Å². The van der Waals surface area contributed by atoms with E-state index in [2.05, 4.69) is 45.6 Å². The summed E-state index contributed by atoms with van der Waals surface area (Å²) >= 11 is 3.44. The van der Waals surface area contributed by atoms with Gasteiger partial charge in [0, 0.05) is 10.5 Å². The van der Waals surface area contributed by atoms with Crippen molar-refractivity contribution in [2.75, 3.05) is 0 Å². The fraction of sp³-hybridized carbons (Fsp3) is 0.500. The maximum absolute atomic E-state index is 5.57. The van der Waals surface area contributed by atoms with Gasteiger partial charge in [0.15, 0.2) is 0 Å². The highest BCUT2D eigenvalue weighted by Gasteiger charge is 2.24.